The number of nitrogens with zero attached hydrogens (tertiary/aromatic N) is 3. The maximum absolute atomic E-state index is 11.7. The van der Waals surface area contributed by atoms with Crippen molar-refractivity contribution in [1.29, 1.82) is 0 Å². The van der Waals surface area contributed by atoms with Gasteiger partial charge in [-0.3, -0.25) is 9.59 Å². The SMILES string of the molecule is C=C(C)CNC(=NCC(=O)N(C)C)N1CCC(C(=O)OC)CC1.I. The highest BCUT2D eigenvalue weighted by Crippen LogP contribution is 2.18. The van der Waals surface area contributed by atoms with Gasteiger partial charge in [0.15, 0.2) is 5.96 Å². The molecule has 1 N–H and O–H groups in total. The molecule has 0 spiro atoms. The quantitative estimate of drug-likeness (QED) is 0.222. The molecule has 0 saturated carbocycles. The predicted octanol–water partition coefficient (Wildman–Crippen LogP) is 1.10. The van der Waals surface area contributed by atoms with E-state index in [1.54, 1.807) is 14.1 Å². The van der Waals surface area contributed by atoms with Crippen molar-refractivity contribution < 1.29 is 14.3 Å². The van der Waals surface area contributed by atoms with Gasteiger partial charge >= 0.3 is 5.97 Å². The summed E-state index contributed by atoms with van der Waals surface area (Å²) < 4.78 is 4.80. The van der Waals surface area contributed by atoms with Gasteiger partial charge < -0.3 is 19.9 Å². The summed E-state index contributed by atoms with van der Waals surface area (Å²) in [6, 6.07) is 0. The number of halogens is 1. The Kier molecular flexibility index (Phi) is 10.7. The molecular weight excluding hydrogens is 423 g/mol. The minimum Gasteiger partial charge on any atom is -0.469 e. The van der Waals surface area contributed by atoms with Crippen LogP contribution in [0.1, 0.15) is 19.8 Å². The lowest BCUT2D eigenvalue weighted by atomic mass is 9.97. The molecule has 1 aliphatic rings. The Morgan fingerprint density at radius 1 is 1.33 bits per heavy atom. The molecule has 1 fully saturated rings. The van der Waals surface area contributed by atoms with E-state index in [9.17, 15) is 9.59 Å². The van der Waals surface area contributed by atoms with E-state index in [2.05, 4.69) is 21.8 Å². The van der Waals surface area contributed by atoms with Gasteiger partial charge in [-0.1, -0.05) is 12.2 Å². The van der Waals surface area contributed by atoms with Crippen molar-refractivity contribution in [1.82, 2.24) is 15.1 Å². The number of guanidine groups is 1. The summed E-state index contributed by atoms with van der Waals surface area (Å²) in [4.78, 5) is 31.3. The molecule has 138 valence electrons. The van der Waals surface area contributed by atoms with E-state index >= 15 is 0 Å². The van der Waals surface area contributed by atoms with Gasteiger partial charge in [0.05, 0.1) is 13.0 Å². The van der Waals surface area contributed by atoms with Crippen LogP contribution in [-0.2, 0) is 14.3 Å². The van der Waals surface area contributed by atoms with Gasteiger partial charge in [-0.05, 0) is 19.8 Å². The maximum Gasteiger partial charge on any atom is 0.308 e. The number of amides is 1. The largest absolute Gasteiger partial charge is 0.469 e. The third-order valence-electron chi connectivity index (χ3n) is 3.74. The molecule has 0 radical (unpaired) electrons. The number of hydrogen-bond acceptors (Lipinski definition) is 4. The van der Waals surface area contributed by atoms with Gasteiger partial charge in [-0.2, -0.15) is 0 Å². The zero-order chi connectivity index (χ0) is 17.4. The molecule has 0 unspecified atom stereocenters. The second kappa shape index (κ2) is 11.3. The zero-order valence-electron chi connectivity index (χ0n) is 15.0. The fourth-order valence-electron chi connectivity index (χ4n) is 2.28. The second-order valence-electron chi connectivity index (χ2n) is 6.02. The van der Waals surface area contributed by atoms with Crippen LogP contribution in [0.2, 0.25) is 0 Å². The Morgan fingerprint density at radius 2 is 1.92 bits per heavy atom. The van der Waals surface area contributed by atoms with Crippen molar-refractivity contribution in [2.75, 3.05) is 47.4 Å². The fourth-order valence-corrected chi connectivity index (χ4v) is 2.28. The molecule has 0 aromatic rings. The molecule has 0 atom stereocenters. The van der Waals surface area contributed by atoms with E-state index in [1.807, 2.05) is 6.92 Å². The Morgan fingerprint density at radius 3 is 2.38 bits per heavy atom. The van der Waals surface area contributed by atoms with Crippen molar-refractivity contribution in [3.8, 4) is 0 Å². The zero-order valence-corrected chi connectivity index (χ0v) is 17.3. The normalized spacial score (nSPS) is 15.3. The molecule has 0 aromatic carbocycles. The standard InChI is InChI=1S/C16H28N4O3.HI/c1-12(2)10-17-16(18-11-14(21)19(3)4)20-8-6-13(7-9-20)15(22)23-5;/h13H,1,6-11H2,2-5H3,(H,17,18);1H. The van der Waals surface area contributed by atoms with Crippen LogP contribution in [0.3, 0.4) is 0 Å². The Bertz CT molecular complexity index is 472. The average Bonchev–Trinajstić information content (AvgIpc) is 2.53. The number of hydrogen-bond donors (Lipinski definition) is 1. The molecule has 0 aliphatic carbocycles. The van der Waals surface area contributed by atoms with E-state index in [0.29, 0.717) is 25.6 Å². The number of likely N-dealkylation sites (tertiary alicyclic amines) is 1. The number of likely N-dealkylation sites (N-methyl/N-ethyl adjacent to an activating group) is 1. The summed E-state index contributed by atoms with van der Waals surface area (Å²) in [6.07, 6.45) is 1.45. The maximum atomic E-state index is 11.7. The Hall–Kier alpha value is -1.32. The summed E-state index contributed by atoms with van der Waals surface area (Å²) in [7, 11) is 4.84. The van der Waals surface area contributed by atoms with Gasteiger partial charge in [0, 0.05) is 33.7 Å². The topological polar surface area (TPSA) is 74.2 Å². The molecule has 7 nitrogen and oxygen atoms in total. The number of rotatable bonds is 5. The molecule has 0 aromatic heterocycles. The lowest BCUT2D eigenvalue weighted by Crippen LogP contribution is -2.47. The van der Waals surface area contributed by atoms with Crippen LogP contribution in [-0.4, -0.2) is 75.0 Å². The number of methoxy groups -OCH3 is 1. The summed E-state index contributed by atoms with van der Waals surface area (Å²) in [5.74, 6) is 0.429. The smallest absolute Gasteiger partial charge is 0.308 e. The number of esters is 1. The number of nitrogens with one attached hydrogen (secondary N) is 1. The lowest BCUT2D eigenvalue weighted by molar-refractivity contribution is -0.146. The van der Waals surface area contributed by atoms with E-state index in [4.69, 9.17) is 4.74 Å². The summed E-state index contributed by atoms with van der Waals surface area (Å²) in [6.45, 7) is 7.91. The van der Waals surface area contributed by atoms with E-state index in [1.165, 1.54) is 12.0 Å². The van der Waals surface area contributed by atoms with Crippen molar-refractivity contribution >= 4 is 41.8 Å². The number of aliphatic imine (C=N–C) groups is 1. The minimum absolute atomic E-state index is 0. The highest BCUT2D eigenvalue weighted by Gasteiger charge is 2.27. The average molecular weight is 452 g/mol. The van der Waals surface area contributed by atoms with Gasteiger partial charge in [0.25, 0.3) is 0 Å². The molecule has 0 bridgehead atoms. The molecule has 1 rings (SSSR count). The van der Waals surface area contributed by atoms with Crippen molar-refractivity contribution in [3.63, 3.8) is 0 Å². The third kappa shape index (κ3) is 7.50. The summed E-state index contributed by atoms with van der Waals surface area (Å²) >= 11 is 0. The first-order chi connectivity index (χ1) is 10.8. The monoisotopic (exact) mass is 452 g/mol. The van der Waals surface area contributed by atoms with Crippen molar-refractivity contribution in [3.05, 3.63) is 12.2 Å². The van der Waals surface area contributed by atoms with Gasteiger partial charge in [-0.15, -0.1) is 24.0 Å². The van der Waals surface area contributed by atoms with Crippen LogP contribution in [0, 0.1) is 5.92 Å². The summed E-state index contributed by atoms with van der Waals surface area (Å²) in [5, 5.41) is 3.23. The van der Waals surface area contributed by atoms with Crippen LogP contribution >= 0.6 is 24.0 Å². The van der Waals surface area contributed by atoms with Gasteiger partial charge in [-0.25, -0.2) is 4.99 Å². The lowest BCUT2D eigenvalue weighted by Gasteiger charge is -2.33. The molecule has 8 heteroatoms. The van der Waals surface area contributed by atoms with E-state index in [0.717, 1.165) is 18.4 Å². The van der Waals surface area contributed by atoms with Crippen LogP contribution in [0.5, 0.6) is 0 Å². The number of carbonyl (C=O) groups excluding carboxylic acids is 2. The third-order valence-corrected chi connectivity index (χ3v) is 3.74. The predicted molar refractivity (Wildman–Crippen MR) is 106 cm³/mol. The van der Waals surface area contributed by atoms with Crippen LogP contribution in [0.15, 0.2) is 17.1 Å². The van der Waals surface area contributed by atoms with Crippen molar-refractivity contribution in [2.24, 2.45) is 10.9 Å². The highest BCUT2D eigenvalue weighted by atomic mass is 127. The first-order valence-electron chi connectivity index (χ1n) is 7.80. The first-order valence-corrected chi connectivity index (χ1v) is 7.80. The Balaban J connectivity index is 0.00000529. The number of ether oxygens (including phenoxy) is 1. The van der Waals surface area contributed by atoms with Crippen LogP contribution in [0.25, 0.3) is 0 Å². The molecule has 1 heterocycles. The molecule has 1 aliphatic heterocycles. The molecule has 1 saturated heterocycles. The van der Waals surface area contributed by atoms with Crippen LogP contribution in [0.4, 0.5) is 0 Å². The van der Waals surface area contributed by atoms with Crippen LogP contribution < -0.4 is 5.32 Å². The van der Waals surface area contributed by atoms with Gasteiger partial charge in [0.1, 0.15) is 6.54 Å². The van der Waals surface area contributed by atoms with Crippen molar-refractivity contribution in [2.45, 2.75) is 19.8 Å². The second-order valence-corrected chi connectivity index (χ2v) is 6.02. The highest BCUT2D eigenvalue weighted by molar-refractivity contribution is 14.0. The molecular formula is C16H29IN4O3. The summed E-state index contributed by atoms with van der Waals surface area (Å²) in [5.41, 5.74) is 0.987. The molecule has 1 amide bonds. The van der Waals surface area contributed by atoms with E-state index < -0.39 is 0 Å². The number of piperidine rings is 1. The Labute approximate surface area is 161 Å². The number of carbonyl (C=O) groups is 2. The van der Waals surface area contributed by atoms with Gasteiger partial charge in [0.2, 0.25) is 5.91 Å². The molecule has 24 heavy (non-hydrogen) atoms. The first kappa shape index (κ1) is 22.7. The minimum atomic E-state index is -0.152. The fraction of sp³-hybridized carbons (Fsp3) is 0.688. The van der Waals surface area contributed by atoms with E-state index in [-0.39, 0.29) is 48.3 Å².